The van der Waals surface area contributed by atoms with Crippen molar-refractivity contribution in [3.05, 3.63) is 17.7 Å². The highest BCUT2D eigenvalue weighted by atomic mass is 15.1. The molecule has 1 fully saturated rings. The van der Waals surface area contributed by atoms with Crippen LogP contribution in [0.5, 0.6) is 0 Å². The summed E-state index contributed by atoms with van der Waals surface area (Å²) in [5.41, 5.74) is 6.69. The molecule has 0 radical (unpaired) electrons. The highest BCUT2D eigenvalue weighted by Gasteiger charge is 2.29. The van der Waals surface area contributed by atoms with Gasteiger partial charge in [-0.15, -0.1) is 0 Å². The molecule has 3 heteroatoms. The van der Waals surface area contributed by atoms with Crippen LogP contribution in [-0.2, 0) is 6.42 Å². The molecule has 0 spiro atoms. The van der Waals surface area contributed by atoms with Crippen molar-refractivity contribution < 1.29 is 0 Å². The van der Waals surface area contributed by atoms with E-state index in [9.17, 15) is 0 Å². The summed E-state index contributed by atoms with van der Waals surface area (Å²) in [6, 6.07) is 0.518. The lowest BCUT2D eigenvalue weighted by atomic mass is 10.3. The third kappa shape index (κ3) is 1.82. The van der Waals surface area contributed by atoms with E-state index in [0.717, 1.165) is 18.0 Å². The van der Waals surface area contributed by atoms with Crippen LogP contribution in [0.3, 0.4) is 0 Å². The van der Waals surface area contributed by atoms with E-state index in [0.29, 0.717) is 12.6 Å². The maximum absolute atomic E-state index is 5.54. The average Bonchev–Trinajstić information content (AvgIpc) is 2.88. The van der Waals surface area contributed by atoms with Crippen LogP contribution in [0.2, 0.25) is 0 Å². The summed E-state index contributed by atoms with van der Waals surface area (Å²) < 4.78 is 2.31. The van der Waals surface area contributed by atoms with Crippen LogP contribution in [0.1, 0.15) is 50.2 Å². The molecular weight excluding hydrogens is 174 g/mol. The smallest absolute Gasteiger partial charge is 0.112 e. The second-order valence-electron chi connectivity index (χ2n) is 4.40. The molecule has 2 N–H and O–H groups in total. The third-order valence-electron chi connectivity index (χ3n) is 2.71. The van der Waals surface area contributed by atoms with Crippen molar-refractivity contribution in [1.29, 1.82) is 0 Å². The second kappa shape index (κ2) is 3.73. The Morgan fingerprint density at radius 3 is 2.79 bits per heavy atom. The number of nitrogens with zero attached hydrogens (tertiary/aromatic N) is 2. The topological polar surface area (TPSA) is 43.8 Å². The van der Waals surface area contributed by atoms with Gasteiger partial charge in [0.25, 0.3) is 0 Å². The van der Waals surface area contributed by atoms with E-state index < -0.39 is 0 Å². The van der Waals surface area contributed by atoms with E-state index in [1.165, 1.54) is 18.7 Å². The first-order valence-corrected chi connectivity index (χ1v) is 5.50. The Bertz CT molecular complexity index is 291. The van der Waals surface area contributed by atoms with Gasteiger partial charge in [0, 0.05) is 24.6 Å². The van der Waals surface area contributed by atoms with Crippen molar-refractivity contribution in [1.82, 2.24) is 9.55 Å². The quantitative estimate of drug-likeness (QED) is 0.793. The first kappa shape index (κ1) is 9.71. The van der Waals surface area contributed by atoms with Crippen molar-refractivity contribution in [3.8, 4) is 0 Å². The van der Waals surface area contributed by atoms with Crippen molar-refractivity contribution in [2.24, 2.45) is 5.73 Å². The molecule has 78 valence electrons. The van der Waals surface area contributed by atoms with Gasteiger partial charge < -0.3 is 10.3 Å². The molecule has 1 aromatic rings. The standard InChI is InChI=1S/C11H19N3/c1-8(2)14-7-10(5-6-12)13-11(14)9-3-4-9/h7-9H,3-6,12H2,1-2H3. The number of imidazole rings is 1. The summed E-state index contributed by atoms with van der Waals surface area (Å²) in [5.74, 6) is 2.01. The second-order valence-corrected chi connectivity index (χ2v) is 4.40. The van der Waals surface area contributed by atoms with Crippen molar-refractivity contribution in [3.63, 3.8) is 0 Å². The number of nitrogens with two attached hydrogens (primary N) is 1. The van der Waals surface area contributed by atoms with Gasteiger partial charge in [-0.05, 0) is 33.2 Å². The molecule has 0 bridgehead atoms. The average molecular weight is 193 g/mol. The zero-order valence-corrected chi connectivity index (χ0v) is 9.03. The molecule has 1 aliphatic carbocycles. The molecule has 0 unspecified atom stereocenters. The summed E-state index contributed by atoms with van der Waals surface area (Å²) >= 11 is 0. The van der Waals surface area contributed by atoms with E-state index >= 15 is 0 Å². The van der Waals surface area contributed by atoms with Crippen LogP contribution in [-0.4, -0.2) is 16.1 Å². The summed E-state index contributed by atoms with van der Waals surface area (Å²) in [7, 11) is 0. The lowest BCUT2D eigenvalue weighted by molar-refractivity contribution is 0.569. The number of aromatic nitrogens is 2. The molecule has 2 rings (SSSR count). The predicted molar refractivity (Wildman–Crippen MR) is 57.3 cm³/mol. The van der Waals surface area contributed by atoms with Crippen LogP contribution in [0, 0.1) is 0 Å². The molecule has 1 heterocycles. The van der Waals surface area contributed by atoms with Gasteiger partial charge in [-0.25, -0.2) is 4.98 Å². The molecule has 14 heavy (non-hydrogen) atoms. The Kier molecular flexibility index (Phi) is 2.59. The van der Waals surface area contributed by atoms with Crippen LogP contribution < -0.4 is 5.73 Å². The van der Waals surface area contributed by atoms with Crippen LogP contribution >= 0.6 is 0 Å². The maximum atomic E-state index is 5.54. The Balaban J connectivity index is 2.25. The molecule has 0 aliphatic heterocycles. The molecule has 0 amide bonds. The number of rotatable bonds is 4. The van der Waals surface area contributed by atoms with Crippen molar-refractivity contribution in [2.75, 3.05) is 6.54 Å². The van der Waals surface area contributed by atoms with E-state index in [-0.39, 0.29) is 0 Å². The highest BCUT2D eigenvalue weighted by Crippen LogP contribution is 2.40. The molecule has 3 nitrogen and oxygen atoms in total. The van der Waals surface area contributed by atoms with Crippen molar-refractivity contribution in [2.45, 2.75) is 45.1 Å². The molecule has 0 aromatic carbocycles. The lowest BCUT2D eigenvalue weighted by Gasteiger charge is -2.09. The molecule has 1 aliphatic rings. The Morgan fingerprint density at radius 1 is 1.57 bits per heavy atom. The SMILES string of the molecule is CC(C)n1cc(CCN)nc1C1CC1. The van der Waals surface area contributed by atoms with Gasteiger partial charge in [-0.2, -0.15) is 0 Å². The minimum absolute atomic E-state index is 0.518. The van der Waals surface area contributed by atoms with Gasteiger partial charge in [-0.1, -0.05) is 0 Å². The number of hydrogen-bond acceptors (Lipinski definition) is 2. The first-order valence-electron chi connectivity index (χ1n) is 5.50. The molecule has 1 saturated carbocycles. The fraction of sp³-hybridized carbons (Fsp3) is 0.727. The normalized spacial score (nSPS) is 16.6. The fourth-order valence-corrected chi connectivity index (χ4v) is 1.79. The van der Waals surface area contributed by atoms with Gasteiger partial charge >= 0.3 is 0 Å². The minimum atomic E-state index is 0.518. The fourth-order valence-electron chi connectivity index (χ4n) is 1.79. The largest absolute Gasteiger partial charge is 0.332 e. The van der Waals surface area contributed by atoms with Gasteiger partial charge in [-0.3, -0.25) is 0 Å². The highest BCUT2D eigenvalue weighted by molar-refractivity contribution is 5.14. The molecular formula is C11H19N3. The maximum Gasteiger partial charge on any atom is 0.112 e. The molecule has 1 aromatic heterocycles. The predicted octanol–water partition coefficient (Wildman–Crippen LogP) is 1.84. The van der Waals surface area contributed by atoms with Gasteiger partial charge in [0.15, 0.2) is 0 Å². The monoisotopic (exact) mass is 193 g/mol. The van der Waals surface area contributed by atoms with Gasteiger partial charge in [0.05, 0.1) is 5.69 Å². The summed E-state index contributed by atoms with van der Waals surface area (Å²) in [5, 5.41) is 0. The van der Waals surface area contributed by atoms with Crippen LogP contribution in [0.25, 0.3) is 0 Å². The minimum Gasteiger partial charge on any atom is -0.332 e. The zero-order chi connectivity index (χ0) is 10.1. The van der Waals surface area contributed by atoms with Gasteiger partial charge in [0.1, 0.15) is 5.82 Å². The zero-order valence-electron chi connectivity index (χ0n) is 9.03. The molecule has 0 atom stereocenters. The summed E-state index contributed by atoms with van der Waals surface area (Å²) in [6.07, 6.45) is 5.70. The van der Waals surface area contributed by atoms with E-state index in [1.807, 2.05) is 0 Å². The third-order valence-corrected chi connectivity index (χ3v) is 2.71. The molecule has 0 saturated heterocycles. The Hall–Kier alpha value is -0.830. The Morgan fingerprint density at radius 2 is 2.29 bits per heavy atom. The lowest BCUT2D eigenvalue weighted by Crippen LogP contribution is -2.03. The summed E-state index contributed by atoms with van der Waals surface area (Å²) in [4.78, 5) is 4.67. The van der Waals surface area contributed by atoms with Crippen LogP contribution in [0.15, 0.2) is 6.20 Å². The van der Waals surface area contributed by atoms with E-state index in [2.05, 4.69) is 29.6 Å². The van der Waals surface area contributed by atoms with Gasteiger partial charge in [0.2, 0.25) is 0 Å². The van der Waals surface area contributed by atoms with E-state index in [1.54, 1.807) is 0 Å². The first-order chi connectivity index (χ1) is 6.72. The van der Waals surface area contributed by atoms with Crippen LogP contribution in [0.4, 0.5) is 0 Å². The van der Waals surface area contributed by atoms with E-state index in [4.69, 9.17) is 5.73 Å². The van der Waals surface area contributed by atoms with Crippen molar-refractivity contribution >= 4 is 0 Å². The Labute approximate surface area is 85.3 Å². The summed E-state index contributed by atoms with van der Waals surface area (Å²) in [6.45, 7) is 5.11. The number of hydrogen-bond donors (Lipinski definition) is 1.